The Morgan fingerprint density at radius 1 is 1.55 bits per heavy atom. The van der Waals surface area contributed by atoms with Gasteiger partial charge in [-0.15, -0.1) is 0 Å². The van der Waals surface area contributed by atoms with E-state index >= 15 is 0 Å². The van der Waals surface area contributed by atoms with E-state index in [-0.39, 0.29) is 18.0 Å². The zero-order valence-corrected chi connectivity index (χ0v) is 12.4. The van der Waals surface area contributed by atoms with Crippen molar-refractivity contribution in [3.8, 4) is 5.75 Å². The number of likely N-dealkylation sites (N-methyl/N-ethyl adjacent to an activating group) is 1. The van der Waals surface area contributed by atoms with Crippen LogP contribution in [0.2, 0.25) is 0 Å². The predicted molar refractivity (Wildman–Crippen MR) is 76.6 cm³/mol. The maximum atomic E-state index is 14.0. The molecular weight excluding hydrogens is 259 g/mol. The molecular formula is C15H23FN2O2. The van der Waals surface area contributed by atoms with Gasteiger partial charge in [0.2, 0.25) is 0 Å². The van der Waals surface area contributed by atoms with Crippen molar-refractivity contribution in [3.05, 3.63) is 29.6 Å². The van der Waals surface area contributed by atoms with Crippen LogP contribution >= 0.6 is 0 Å². The Balaban J connectivity index is 1.91. The molecule has 4 nitrogen and oxygen atoms in total. The van der Waals surface area contributed by atoms with Gasteiger partial charge in [0.1, 0.15) is 24.3 Å². The van der Waals surface area contributed by atoms with Crippen molar-refractivity contribution < 1.29 is 13.9 Å². The number of morpholine rings is 1. The van der Waals surface area contributed by atoms with Gasteiger partial charge in [0.15, 0.2) is 0 Å². The second-order valence-corrected chi connectivity index (χ2v) is 5.26. The summed E-state index contributed by atoms with van der Waals surface area (Å²) in [6.45, 7) is 4.88. The van der Waals surface area contributed by atoms with Crippen molar-refractivity contribution in [2.24, 2.45) is 0 Å². The third kappa shape index (κ3) is 3.91. The lowest BCUT2D eigenvalue weighted by Gasteiger charge is -2.29. The van der Waals surface area contributed by atoms with Crippen molar-refractivity contribution in [1.82, 2.24) is 10.2 Å². The van der Waals surface area contributed by atoms with Crippen LogP contribution in [0.5, 0.6) is 5.75 Å². The van der Waals surface area contributed by atoms with Gasteiger partial charge in [0.05, 0.1) is 6.61 Å². The lowest BCUT2D eigenvalue weighted by molar-refractivity contribution is -0.0403. The number of hydrogen-bond donors (Lipinski definition) is 1. The molecule has 1 aliphatic rings. The summed E-state index contributed by atoms with van der Waals surface area (Å²) in [5.41, 5.74) is 0.647. The van der Waals surface area contributed by atoms with Gasteiger partial charge in [0, 0.05) is 30.8 Å². The maximum absolute atomic E-state index is 14.0. The zero-order chi connectivity index (χ0) is 14.5. The third-order valence-corrected chi connectivity index (χ3v) is 3.65. The molecule has 1 aliphatic heterocycles. The van der Waals surface area contributed by atoms with E-state index in [1.807, 2.05) is 14.0 Å². The fraction of sp³-hybridized carbons (Fsp3) is 0.600. The van der Waals surface area contributed by atoms with Crippen LogP contribution < -0.4 is 10.1 Å². The fourth-order valence-electron chi connectivity index (χ4n) is 2.26. The molecule has 1 heterocycles. The van der Waals surface area contributed by atoms with Crippen LogP contribution in [-0.4, -0.2) is 51.4 Å². The number of ether oxygens (including phenoxy) is 2. The minimum absolute atomic E-state index is 0.0145. The Morgan fingerprint density at radius 2 is 2.35 bits per heavy atom. The first kappa shape index (κ1) is 15.2. The summed E-state index contributed by atoms with van der Waals surface area (Å²) in [6, 6.07) is 4.99. The van der Waals surface area contributed by atoms with Crippen LogP contribution in [0, 0.1) is 5.82 Å². The monoisotopic (exact) mass is 282 g/mol. The Hall–Kier alpha value is -1.17. The van der Waals surface area contributed by atoms with Gasteiger partial charge in [-0.1, -0.05) is 6.07 Å². The molecule has 20 heavy (non-hydrogen) atoms. The summed E-state index contributed by atoms with van der Waals surface area (Å²) in [5.74, 6) is 0.303. The first-order valence-electron chi connectivity index (χ1n) is 7.00. The van der Waals surface area contributed by atoms with E-state index in [2.05, 4.69) is 17.3 Å². The Kier molecular flexibility index (Phi) is 5.34. The molecule has 0 aliphatic carbocycles. The van der Waals surface area contributed by atoms with E-state index in [9.17, 15) is 4.39 Å². The molecule has 1 fully saturated rings. The molecule has 2 rings (SSSR count). The van der Waals surface area contributed by atoms with Crippen molar-refractivity contribution in [2.75, 3.05) is 40.4 Å². The molecule has 112 valence electrons. The number of benzene rings is 1. The first-order valence-corrected chi connectivity index (χ1v) is 7.00. The molecule has 2 atom stereocenters. The summed E-state index contributed by atoms with van der Waals surface area (Å²) in [7, 11) is 3.87. The summed E-state index contributed by atoms with van der Waals surface area (Å²) < 4.78 is 25.2. The molecule has 1 aromatic carbocycles. The molecule has 0 bridgehead atoms. The topological polar surface area (TPSA) is 33.7 Å². The number of halogens is 1. The predicted octanol–water partition coefficient (Wildman–Crippen LogP) is 1.82. The number of nitrogens with zero attached hydrogens (tertiary/aromatic N) is 1. The number of hydrogen-bond acceptors (Lipinski definition) is 4. The molecule has 2 unspecified atom stereocenters. The molecule has 0 spiro atoms. The molecule has 0 amide bonds. The third-order valence-electron chi connectivity index (χ3n) is 3.65. The van der Waals surface area contributed by atoms with E-state index in [4.69, 9.17) is 9.47 Å². The van der Waals surface area contributed by atoms with E-state index < -0.39 is 0 Å². The minimum Gasteiger partial charge on any atom is -0.491 e. The summed E-state index contributed by atoms with van der Waals surface area (Å²) in [6.07, 6.45) is 0.0488. The average molecular weight is 282 g/mol. The van der Waals surface area contributed by atoms with Gasteiger partial charge >= 0.3 is 0 Å². The van der Waals surface area contributed by atoms with Gasteiger partial charge in [-0.25, -0.2) is 4.39 Å². The highest BCUT2D eigenvalue weighted by molar-refractivity contribution is 5.30. The average Bonchev–Trinajstić information content (AvgIpc) is 2.44. The van der Waals surface area contributed by atoms with Gasteiger partial charge in [-0.05, 0) is 27.1 Å². The zero-order valence-electron chi connectivity index (χ0n) is 12.4. The molecule has 1 N–H and O–H groups in total. The van der Waals surface area contributed by atoms with E-state index in [0.29, 0.717) is 17.9 Å². The van der Waals surface area contributed by atoms with Gasteiger partial charge in [-0.2, -0.15) is 0 Å². The fourth-order valence-corrected chi connectivity index (χ4v) is 2.26. The number of nitrogens with one attached hydrogen (secondary N) is 1. The van der Waals surface area contributed by atoms with Crippen LogP contribution in [0.15, 0.2) is 18.2 Å². The molecule has 1 saturated heterocycles. The van der Waals surface area contributed by atoms with E-state index in [1.54, 1.807) is 12.1 Å². The normalized spacial score (nSPS) is 21.7. The Labute approximate surface area is 119 Å². The van der Waals surface area contributed by atoms with Crippen molar-refractivity contribution in [3.63, 3.8) is 0 Å². The highest BCUT2D eigenvalue weighted by atomic mass is 19.1. The lowest BCUT2D eigenvalue weighted by Crippen LogP contribution is -2.42. The summed E-state index contributed by atoms with van der Waals surface area (Å²) in [5, 5.41) is 3.02. The minimum atomic E-state index is -0.244. The van der Waals surface area contributed by atoms with Crippen LogP contribution in [0.25, 0.3) is 0 Å². The second kappa shape index (κ2) is 7.02. The van der Waals surface area contributed by atoms with Gasteiger partial charge in [-0.3, -0.25) is 0 Å². The summed E-state index contributed by atoms with van der Waals surface area (Å²) in [4.78, 5) is 2.20. The maximum Gasteiger partial charge on any atom is 0.131 e. The molecule has 5 heteroatoms. The molecule has 1 aromatic rings. The lowest BCUT2D eigenvalue weighted by atomic mass is 10.1. The van der Waals surface area contributed by atoms with Crippen LogP contribution in [0.4, 0.5) is 4.39 Å². The van der Waals surface area contributed by atoms with Crippen LogP contribution in [0.1, 0.15) is 18.5 Å². The van der Waals surface area contributed by atoms with E-state index in [1.165, 1.54) is 6.07 Å². The van der Waals surface area contributed by atoms with E-state index in [0.717, 1.165) is 19.7 Å². The highest BCUT2D eigenvalue weighted by Gasteiger charge is 2.18. The largest absolute Gasteiger partial charge is 0.491 e. The molecule has 0 aromatic heterocycles. The molecule has 0 radical (unpaired) electrons. The quantitative estimate of drug-likeness (QED) is 0.893. The number of rotatable bonds is 5. The first-order chi connectivity index (χ1) is 9.60. The van der Waals surface area contributed by atoms with Crippen LogP contribution in [-0.2, 0) is 4.74 Å². The second-order valence-electron chi connectivity index (χ2n) is 5.26. The van der Waals surface area contributed by atoms with Gasteiger partial charge < -0.3 is 19.7 Å². The smallest absolute Gasteiger partial charge is 0.131 e. The summed E-state index contributed by atoms with van der Waals surface area (Å²) >= 11 is 0. The van der Waals surface area contributed by atoms with Crippen molar-refractivity contribution >= 4 is 0 Å². The van der Waals surface area contributed by atoms with Gasteiger partial charge in [0.25, 0.3) is 0 Å². The van der Waals surface area contributed by atoms with Crippen LogP contribution in [0.3, 0.4) is 0 Å². The standard InChI is InChI=1S/C15H23FN2O2/c1-11(17-2)14-5-4-12(8-15(14)16)20-10-13-9-18(3)6-7-19-13/h4-5,8,11,13,17H,6-7,9-10H2,1-3H3. The highest BCUT2D eigenvalue weighted by Crippen LogP contribution is 2.22. The SMILES string of the molecule is CNC(C)c1ccc(OCC2CN(C)CCO2)cc1F. The molecule has 0 saturated carbocycles. The Morgan fingerprint density at radius 3 is 3.00 bits per heavy atom. The van der Waals surface area contributed by atoms with Crippen molar-refractivity contribution in [1.29, 1.82) is 0 Å². The van der Waals surface area contributed by atoms with Crippen molar-refractivity contribution in [2.45, 2.75) is 19.1 Å². The Bertz CT molecular complexity index is 442.